The molecule has 0 atom stereocenters. The van der Waals surface area contributed by atoms with Crippen molar-refractivity contribution in [3.05, 3.63) is 289 Å². The van der Waals surface area contributed by atoms with Crippen molar-refractivity contribution in [3.8, 4) is 50.3 Å². The average molecular weight is 1070 g/mol. The number of aromatic hydroxyl groups is 1. The summed E-state index contributed by atoms with van der Waals surface area (Å²) in [5, 5.41) is 17.0. The van der Waals surface area contributed by atoms with E-state index in [2.05, 4.69) is 216 Å². The highest BCUT2D eigenvalue weighted by molar-refractivity contribution is 7.17. The van der Waals surface area contributed by atoms with Gasteiger partial charge in [-0.05, 0) is 146 Å². The summed E-state index contributed by atoms with van der Waals surface area (Å²) in [6.07, 6.45) is 0. The molecule has 11 aromatic carbocycles. The molecule has 0 saturated carbocycles. The molecule has 12 rings (SSSR count). The number of anilines is 9. The number of phenolic OH excluding ortho intramolecular Hbond substituents is 1. The molecule has 5 heteroatoms. The van der Waals surface area contributed by atoms with Gasteiger partial charge in [-0.3, -0.25) is 0 Å². The lowest BCUT2D eigenvalue weighted by Gasteiger charge is -2.33. The Morgan fingerprint density at radius 1 is 0.346 bits per heavy atom. The molecule has 0 spiro atoms. The first-order valence-corrected chi connectivity index (χ1v) is 28.3. The summed E-state index contributed by atoms with van der Waals surface area (Å²) in [5.74, 6) is -0.110. The second-order valence-corrected chi connectivity index (χ2v) is 23.4. The number of thiophene rings is 1. The first kappa shape index (κ1) is 46.5. The van der Waals surface area contributed by atoms with Crippen molar-refractivity contribution in [2.75, 3.05) is 14.7 Å². The van der Waals surface area contributed by atoms with E-state index in [1.54, 1.807) is 23.5 Å². The molecule has 4 nitrogen and oxygen atoms in total. The van der Waals surface area contributed by atoms with E-state index in [1.165, 1.54) is 5.56 Å². The second kappa shape index (κ2) is 22.0. The molecule has 1 aromatic heterocycles. The zero-order chi connectivity index (χ0) is 60.0. The smallest absolute Gasteiger partial charge is 0.163 e. The number of rotatable bonds is 13. The van der Waals surface area contributed by atoms with E-state index in [4.69, 9.17) is 4.11 Å². The van der Waals surface area contributed by atoms with Gasteiger partial charge in [-0.1, -0.05) is 229 Å². The molecule has 0 saturated heterocycles. The molecular formula is C76H65N3OS. The van der Waals surface area contributed by atoms with E-state index in [0.717, 1.165) is 77.5 Å². The summed E-state index contributed by atoms with van der Waals surface area (Å²) < 4.78 is 46.8. The Morgan fingerprint density at radius 3 is 1.36 bits per heavy atom. The summed E-state index contributed by atoms with van der Waals surface area (Å²) in [6, 6.07) is 80.7. The van der Waals surface area contributed by atoms with Crippen LogP contribution in [0.15, 0.2) is 278 Å². The molecule has 396 valence electrons. The molecule has 0 aliphatic rings. The van der Waals surface area contributed by atoms with Crippen LogP contribution in [0, 0.1) is 0 Å². The van der Waals surface area contributed by atoms with Crippen molar-refractivity contribution in [1.29, 1.82) is 0 Å². The lowest BCUT2D eigenvalue weighted by Crippen LogP contribution is -2.16. The van der Waals surface area contributed by atoms with Crippen LogP contribution in [0.4, 0.5) is 51.2 Å². The van der Waals surface area contributed by atoms with Gasteiger partial charge in [0.2, 0.25) is 0 Å². The molecule has 0 unspecified atom stereocenters. The summed E-state index contributed by atoms with van der Waals surface area (Å²) in [6.45, 7) is 13.2. The van der Waals surface area contributed by atoms with Crippen LogP contribution >= 0.6 is 11.3 Å². The van der Waals surface area contributed by atoms with Crippen LogP contribution < -0.4 is 14.7 Å². The molecule has 0 bridgehead atoms. The highest BCUT2D eigenvalue weighted by atomic mass is 32.1. The van der Waals surface area contributed by atoms with Crippen molar-refractivity contribution in [1.82, 2.24) is 0 Å². The van der Waals surface area contributed by atoms with Crippen molar-refractivity contribution in [2.45, 2.75) is 52.4 Å². The van der Waals surface area contributed by atoms with Crippen LogP contribution in [0.25, 0.3) is 54.6 Å². The lowest BCUT2D eigenvalue weighted by atomic mass is 9.86. The fourth-order valence-electron chi connectivity index (χ4n) is 10.7. The van der Waals surface area contributed by atoms with Gasteiger partial charge in [0, 0.05) is 49.5 Å². The lowest BCUT2D eigenvalue weighted by molar-refractivity contribution is 0.478. The normalized spacial score (nSPS) is 12.5. The zero-order valence-electron chi connectivity index (χ0n) is 51.4. The molecule has 0 aliphatic heterocycles. The van der Waals surface area contributed by atoms with Crippen LogP contribution in [0.3, 0.4) is 0 Å². The highest BCUT2D eigenvalue weighted by Gasteiger charge is 2.29. The fraction of sp³-hybridized carbons (Fsp3) is 0.105. The molecule has 0 aliphatic carbocycles. The van der Waals surface area contributed by atoms with E-state index in [0.29, 0.717) is 28.3 Å². The predicted molar refractivity (Wildman–Crippen MR) is 347 cm³/mol. The maximum absolute atomic E-state index is 13.9. The van der Waals surface area contributed by atoms with Crippen LogP contribution in [-0.2, 0) is 10.8 Å². The van der Waals surface area contributed by atoms with Crippen LogP contribution in [-0.4, -0.2) is 5.11 Å². The second-order valence-electron chi connectivity index (χ2n) is 22.5. The van der Waals surface area contributed by atoms with E-state index < -0.39 is 18.1 Å². The van der Waals surface area contributed by atoms with Crippen LogP contribution in [0.5, 0.6) is 5.75 Å². The zero-order valence-corrected chi connectivity index (χ0v) is 47.2. The van der Waals surface area contributed by atoms with E-state index >= 15 is 0 Å². The Balaban J connectivity index is 1.15. The Hall–Kier alpha value is -9.42. The topological polar surface area (TPSA) is 30.0 Å². The minimum Gasteiger partial charge on any atom is -0.504 e. The number of fused-ring (bicyclic) bond motifs is 1. The summed E-state index contributed by atoms with van der Waals surface area (Å²) >= 11 is 1.60. The molecule has 1 N–H and O–H groups in total. The third-order valence-electron chi connectivity index (χ3n) is 15.0. The Morgan fingerprint density at radius 2 is 0.802 bits per heavy atom. The van der Waals surface area contributed by atoms with Crippen molar-refractivity contribution in [3.63, 3.8) is 0 Å². The largest absolute Gasteiger partial charge is 0.504 e. The number of benzene rings is 11. The van der Waals surface area contributed by atoms with Gasteiger partial charge in [0.1, 0.15) is 0 Å². The van der Waals surface area contributed by atoms with Gasteiger partial charge >= 0.3 is 0 Å². The third-order valence-corrected chi connectivity index (χ3v) is 16.0. The van der Waals surface area contributed by atoms with E-state index in [9.17, 15) is 7.85 Å². The van der Waals surface area contributed by atoms with Gasteiger partial charge in [0.15, 0.2) is 5.75 Å². The first-order valence-electron chi connectivity index (χ1n) is 30.0. The number of nitrogens with zero attached hydrogens (tertiary/aromatic N) is 3. The van der Waals surface area contributed by atoms with Gasteiger partial charge < -0.3 is 19.8 Å². The molecule has 81 heavy (non-hydrogen) atoms. The third kappa shape index (κ3) is 10.8. The highest BCUT2D eigenvalue weighted by Crippen LogP contribution is 2.53. The number of hydrogen-bond donors (Lipinski definition) is 1. The molecule has 12 aromatic rings. The van der Waals surface area contributed by atoms with Gasteiger partial charge in [0.05, 0.1) is 29.6 Å². The maximum Gasteiger partial charge on any atom is 0.163 e. The maximum atomic E-state index is 13.9. The van der Waals surface area contributed by atoms with Crippen LogP contribution in [0.2, 0.25) is 0 Å². The quantitative estimate of drug-likeness (QED) is 0.125. The Bertz CT molecular complexity index is 4400. The molecule has 0 fully saturated rings. The van der Waals surface area contributed by atoms with Crippen molar-refractivity contribution >= 4 is 72.6 Å². The van der Waals surface area contributed by atoms with Crippen molar-refractivity contribution < 1.29 is 12.0 Å². The summed E-state index contributed by atoms with van der Waals surface area (Å²) in [5.41, 5.74) is 14.8. The van der Waals surface area contributed by atoms with Gasteiger partial charge in [-0.15, -0.1) is 11.3 Å². The number of para-hydroxylation sites is 1. The van der Waals surface area contributed by atoms with Gasteiger partial charge in [-0.2, -0.15) is 0 Å². The SMILES string of the molecule is [2H]c1c([2H])c([2H])c(-c2cc(N(c3ccc(-c4ccccc4)cc3)c3cccc(N(c4ccc(C(C)(C)C)cc4)c4ccccc4-c4ccccc4)c3)c(O)c(N(c3ccc(-c4ccccc4)cc3)c3csc4ccc(C(C)(C)C)cc34)c2)c([2H])c1[2H]. The molecule has 0 amide bonds. The molecule has 1 heterocycles. The standard InChI is InChI=1S/C76H65N3OS/c1-75(2,3)60-38-45-63(46-39-60)77(69-33-20-19-32-67(69)58-28-17-10-18-29-58)65-30-21-31-66(51-65)78(62-41-34-56(35-42-62)53-22-11-7-12-23-53)70-48-59(55-26-15-9-16-27-55)49-71(74(70)80)79(64-43-36-57(37-44-64)54-24-13-8-14-25-54)72-52-81-73-47-40-61(50-68(72)73)76(4,5)6/h7-52,80H,1-6H3/i9D,15D,16D,26D,27D. The van der Waals surface area contributed by atoms with Gasteiger partial charge in [-0.25, -0.2) is 0 Å². The minimum absolute atomic E-state index is 0.00130. The minimum atomic E-state index is -0.495. The van der Waals surface area contributed by atoms with E-state index in [-0.39, 0.29) is 34.2 Å². The van der Waals surface area contributed by atoms with Crippen LogP contribution in [0.1, 0.15) is 59.5 Å². The van der Waals surface area contributed by atoms with E-state index in [1.807, 2.05) is 76.5 Å². The molecular weight excluding hydrogens is 1000 g/mol. The number of phenols is 1. The first-order chi connectivity index (χ1) is 41.4. The Labute approximate surface area is 488 Å². The van der Waals surface area contributed by atoms with Crippen molar-refractivity contribution in [2.24, 2.45) is 0 Å². The molecule has 0 radical (unpaired) electrons. The summed E-state index contributed by atoms with van der Waals surface area (Å²) in [4.78, 5) is 6.34. The fourth-order valence-corrected chi connectivity index (χ4v) is 11.6. The van der Waals surface area contributed by atoms with Gasteiger partial charge in [0.25, 0.3) is 0 Å². The number of hydrogen-bond acceptors (Lipinski definition) is 5. The average Bonchev–Trinajstić information content (AvgIpc) is 1.29. The monoisotopic (exact) mass is 1070 g/mol. The Kier molecular flexibility index (Phi) is 12.6. The predicted octanol–water partition coefficient (Wildman–Crippen LogP) is 22.3. The summed E-state index contributed by atoms with van der Waals surface area (Å²) in [7, 11) is 0.